The summed E-state index contributed by atoms with van der Waals surface area (Å²) >= 11 is 0. The number of hydrogen-bond acceptors (Lipinski definition) is 4. The lowest BCUT2D eigenvalue weighted by Gasteiger charge is -2.08. The van der Waals surface area contributed by atoms with Gasteiger partial charge >= 0.3 is 6.18 Å². The molecule has 0 saturated carbocycles. The van der Waals surface area contributed by atoms with Gasteiger partial charge in [0.1, 0.15) is 12.1 Å². The average molecular weight is 258 g/mol. The van der Waals surface area contributed by atoms with Crippen LogP contribution in [0.1, 0.15) is 5.56 Å². The van der Waals surface area contributed by atoms with Crippen LogP contribution < -0.4 is 5.73 Å². The molecule has 2 rings (SSSR count). The van der Waals surface area contributed by atoms with Gasteiger partial charge in [0.2, 0.25) is 5.95 Å². The maximum Gasteiger partial charge on any atom is 0.416 e. The first-order chi connectivity index (χ1) is 8.38. The quantitative estimate of drug-likeness (QED) is 0.797. The van der Waals surface area contributed by atoms with Crippen LogP contribution in [-0.4, -0.2) is 15.0 Å². The van der Waals surface area contributed by atoms with Gasteiger partial charge in [-0.25, -0.2) is 14.4 Å². The van der Waals surface area contributed by atoms with E-state index in [-0.39, 0.29) is 17.3 Å². The SMILES string of the molecule is Nc1ncnc(-c2ccc(C(F)(F)F)cc2F)n1. The molecule has 0 atom stereocenters. The molecule has 1 aromatic carbocycles. The van der Waals surface area contributed by atoms with Crippen LogP contribution >= 0.6 is 0 Å². The van der Waals surface area contributed by atoms with E-state index in [9.17, 15) is 17.6 Å². The van der Waals surface area contributed by atoms with Crippen molar-refractivity contribution in [3.63, 3.8) is 0 Å². The first kappa shape index (κ1) is 12.2. The summed E-state index contributed by atoms with van der Waals surface area (Å²) in [5.41, 5.74) is 4.03. The molecule has 2 aromatic rings. The van der Waals surface area contributed by atoms with Crippen molar-refractivity contribution in [2.24, 2.45) is 0 Å². The van der Waals surface area contributed by atoms with Crippen LogP contribution in [0.15, 0.2) is 24.5 Å². The third-order valence-electron chi connectivity index (χ3n) is 2.13. The minimum absolute atomic E-state index is 0.117. The highest BCUT2D eigenvalue weighted by molar-refractivity contribution is 5.57. The molecule has 0 bridgehead atoms. The normalized spacial score (nSPS) is 11.6. The Hall–Kier alpha value is -2.25. The smallest absolute Gasteiger partial charge is 0.368 e. The zero-order chi connectivity index (χ0) is 13.3. The third-order valence-corrected chi connectivity index (χ3v) is 2.13. The zero-order valence-electron chi connectivity index (χ0n) is 8.74. The molecule has 8 heteroatoms. The fourth-order valence-corrected chi connectivity index (χ4v) is 1.31. The van der Waals surface area contributed by atoms with Crippen LogP contribution in [0.5, 0.6) is 0 Å². The number of hydrogen-bond donors (Lipinski definition) is 1. The maximum absolute atomic E-state index is 13.6. The van der Waals surface area contributed by atoms with Gasteiger partial charge < -0.3 is 5.73 Å². The number of nitrogen functional groups attached to an aromatic ring is 1. The van der Waals surface area contributed by atoms with Gasteiger partial charge in [0.05, 0.1) is 11.1 Å². The van der Waals surface area contributed by atoms with E-state index in [0.717, 1.165) is 18.5 Å². The molecular weight excluding hydrogens is 252 g/mol. The molecule has 0 amide bonds. The van der Waals surface area contributed by atoms with Gasteiger partial charge in [-0.05, 0) is 18.2 Å². The molecule has 0 saturated heterocycles. The standard InChI is InChI=1S/C10H6F4N4/c11-7-3-5(10(12,13)14)1-2-6(7)8-16-4-17-9(15)18-8/h1-4H,(H2,15,16,17,18). The van der Waals surface area contributed by atoms with Crippen molar-refractivity contribution >= 4 is 5.95 Å². The van der Waals surface area contributed by atoms with Crippen LogP contribution in [0, 0.1) is 5.82 Å². The number of rotatable bonds is 1. The van der Waals surface area contributed by atoms with Crippen LogP contribution in [-0.2, 0) is 6.18 Å². The van der Waals surface area contributed by atoms with E-state index in [2.05, 4.69) is 15.0 Å². The van der Waals surface area contributed by atoms with E-state index in [1.807, 2.05) is 0 Å². The fraction of sp³-hybridized carbons (Fsp3) is 0.100. The first-order valence-electron chi connectivity index (χ1n) is 4.69. The van der Waals surface area contributed by atoms with E-state index in [4.69, 9.17) is 5.73 Å². The molecule has 0 fully saturated rings. The van der Waals surface area contributed by atoms with Gasteiger partial charge in [-0.3, -0.25) is 0 Å². The Bertz CT molecular complexity index is 582. The lowest BCUT2D eigenvalue weighted by Crippen LogP contribution is -2.06. The van der Waals surface area contributed by atoms with Gasteiger partial charge in [0, 0.05) is 0 Å². The zero-order valence-corrected chi connectivity index (χ0v) is 8.74. The maximum atomic E-state index is 13.6. The predicted molar refractivity (Wildman–Crippen MR) is 54.6 cm³/mol. The van der Waals surface area contributed by atoms with Crippen LogP contribution in [0.3, 0.4) is 0 Å². The van der Waals surface area contributed by atoms with Crippen molar-refractivity contribution in [2.45, 2.75) is 6.18 Å². The molecule has 1 heterocycles. The number of alkyl halides is 3. The second-order valence-electron chi connectivity index (χ2n) is 3.36. The van der Waals surface area contributed by atoms with Crippen LogP contribution in [0.25, 0.3) is 11.4 Å². The minimum atomic E-state index is -4.60. The number of benzene rings is 1. The van der Waals surface area contributed by atoms with Gasteiger partial charge in [-0.1, -0.05) is 0 Å². The van der Waals surface area contributed by atoms with E-state index in [1.165, 1.54) is 0 Å². The number of aromatic nitrogens is 3. The van der Waals surface area contributed by atoms with E-state index in [0.29, 0.717) is 6.07 Å². The van der Waals surface area contributed by atoms with Gasteiger partial charge in [0.15, 0.2) is 5.82 Å². The molecule has 0 spiro atoms. The Balaban J connectivity index is 2.48. The Kier molecular flexibility index (Phi) is 2.85. The Morgan fingerprint density at radius 1 is 1.11 bits per heavy atom. The summed E-state index contributed by atoms with van der Waals surface area (Å²) in [7, 11) is 0. The minimum Gasteiger partial charge on any atom is -0.368 e. The van der Waals surface area contributed by atoms with Crippen molar-refractivity contribution in [3.05, 3.63) is 35.9 Å². The van der Waals surface area contributed by atoms with E-state index < -0.39 is 17.6 Å². The molecule has 0 aliphatic rings. The average Bonchev–Trinajstić information content (AvgIpc) is 2.27. The van der Waals surface area contributed by atoms with Gasteiger partial charge in [0.25, 0.3) is 0 Å². The van der Waals surface area contributed by atoms with Crippen molar-refractivity contribution in [2.75, 3.05) is 5.73 Å². The number of nitrogens with zero attached hydrogens (tertiary/aromatic N) is 3. The Labute approximate surface area is 98.5 Å². The van der Waals surface area contributed by atoms with Crippen molar-refractivity contribution in [3.8, 4) is 11.4 Å². The van der Waals surface area contributed by atoms with Gasteiger partial charge in [-0.15, -0.1) is 0 Å². The van der Waals surface area contributed by atoms with E-state index >= 15 is 0 Å². The second-order valence-corrected chi connectivity index (χ2v) is 3.36. The third kappa shape index (κ3) is 2.36. The molecule has 94 valence electrons. The molecule has 1 aromatic heterocycles. The Morgan fingerprint density at radius 3 is 2.39 bits per heavy atom. The lowest BCUT2D eigenvalue weighted by atomic mass is 10.1. The predicted octanol–water partition coefficient (Wildman–Crippen LogP) is 2.28. The summed E-state index contributed by atoms with van der Waals surface area (Å²) in [4.78, 5) is 10.8. The fourth-order valence-electron chi connectivity index (χ4n) is 1.31. The van der Waals surface area contributed by atoms with Crippen molar-refractivity contribution in [1.82, 2.24) is 15.0 Å². The molecule has 0 radical (unpaired) electrons. The van der Waals surface area contributed by atoms with Gasteiger partial charge in [-0.2, -0.15) is 18.2 Å². The number of nitrogens with two attached hydrogens (primary N) is 1. The van der Waals surface area contributed by atoms with Crippen molar-refractivity contribution < 1.29 is 17.6 Å². The molecule has 0 aliphatic carbocycles. The summed E-state index contributed by atoms with van der Waals surface area (Å²) in [6.07, 6.45) is -3.55. The lowest BCUT2D eigenvalue weighted by molar-refractivity contribution is -0.137. The topological polar surface area (TPSA) is 64.7 Å². The highest BCUT2D eigenvalue weighted by Crippen LogP contribution is 2.31. The monoisotopic (exact) mass is 258 g/mol. The molecular formula is C10H6F4N4. The summed E-state index contributed by atoms with van der Waals surface area (Å²) in [6.45, 7) is 0. The number of anilines is 1. The summed E-state index contributed by atoms with van der Waals surface area (Å²) < 4.78 is 50.6. The molecule has 18 heavy (non-hydrogen) atoms. The Morgan fingerprint density at radius 2 is 1.83 bits per heavy atom. The van der Waals surface area contributed by atoms with Crippen LogP contribution in [0.4, 0.5) is 23.5 Å². The van der Waals surface area contributed by atoms with Crippen LogP contribution in [0.2, 0.25) is 0 Å². The molecule has 2 N–H and O–H groups in total. The second kappa shape index (κ2) is 4.21. The highest BCUT2D eigenvalue weighted by atomic mass is 19.4. The summed E-state index contributed by atoms with van der Waals surface area (Å²) in [6, 6.07) is 2.08. The number of halogens is 4. The summed E-state index contributed by atoms with van der Waals surface area (Å²) in [5.74, 6) is -1.33. The molecule has 0 unspecified atom stereocenters. The first-order valence-corrected chi connectivity index (χ1v) is 4.69. The summed E-state index contributed by atoms with van der Waals surface area (Å²) in [5, 5.41) is 0. The largest absolute Gasteiger partial charge is 0.416 e. The van der Waals surface area contributed by atoms with E-state index in [1.54, 1.807) is 0 Å². The van der Waals surface area contributed by atoms with Crippen molar-refractivity contribution in [1.29, 1.82) is 0 Å². The highest BCUT2D eigenvalue weighted by Gasteiger charge is 2.31. The molecule has 0 aliphatic heterocycles. The molecule has 4 nitrogen and oxygen atoms in total.